The first-order valence-corrected chi connectivity index (χ1v) is 6.96. The Hall–Kier alpha value is -0.900. The Morgan fingerprint density at radius 1 is 1.28 bits per heavy atom. The zero-order valence-corrected chi connectivity index (χ0v) is 11.0. The number of rotatable bonds is 6. The Bertz CT molecular complexity index is 323. The van der Waals surface area contributed by atoms with Gasteiger partial charge in [0.2, 0.25) is 0 Å². The Morgan fingerprint density at radius 2 is 2.11 bits per heavy atom. The van der Waals surface area contributed by atoms with Crippen molar-refractivity contribution in [1.29, 1.82) is 0 Å². The van der Waals surface area contributed by atoms with E-state index in [1.807, 2.05) is 6.07 Å². The van der Waals surface area contributed by atoms with Gasteiger partial charge in [-0.05, 0) is 37.4 Å². The number of benzene rings is 1. The lowest BCUT2D eigenvalue weighted by atomic mass is 9.99. The first-order valence-electron chi connectivity index (χ1n) is 6.96. The summed E-state index contributed by atoms with van der Waals surface area (Å²) in [4.78, 5) is 2.37. The molecule has 0 amide bonds. The first-order chi connectivity index (χ1) is 8.88. The van der Waals surface area contributed by atoms with Gasteiger partial charge in [0, 0.05) is 19.6 Å². The molecule has 1 aromatic carbocycles. The van der Waals surface area contributed by atoms with E-state index in [4.69, 9.17) is 0 Å². The molecular weight excluding hydrogens is 224 g/mol. The number of nitrogens with one attached hydrogen (secondary N) is 1. The molecule has 2 N–H and O–H groups in total. The standard InChI is InChI=1S/C15H24N2O/c18-10-9-17(12-14-5-2-1-3-6-14)13-15-7-4-8-16-11-15/h1-3,5-6,15-16,18H,4,7-13H2. The van der Waals surface area contributed by atoms with Crippen molar-refractivity contribution < 1.29 is 5.11 Å². The van der Waals surface area contributed by atoms with Crippen LogP contribution in [-0.4, -0.2) is 42.8 Å². The molecule has 2 rings (SSSR count). The summed E-state index contributed by atoms with van der Waals surface area (Å²) in [5.74, 6) is 0.731. The molecule has 3 nitrogen and oxygen atoms in total. The average Bonchev–Trinajstić information content (AvgIpc) is 2.41. The molecule has 1 unspecified atom stereocenters. The summed E-state index contributed by atoms with van der Waals surface area (Å²) in [6, 6.07) is 10.5. The summed E-state index contributed by atoms with van der Waals surface area (Å²) >= 11 is 0. The van der Waals surface area contributed by atoms with Crippen LogP contribution in [0.2, 0.25) is 0 Å². The third-order valence-corrected chi connectivity index (χ3v) is 3.58. The molecule has 1 aliphatic rings. The minimum absolute atomic E-state index is 0.243. The van der Waals surface area contributed by atoms with Crippen molar-refractivity contribution in [2.75, 3.05) is 32.8 Å². The molecule has 18 heavy (non-hydrogen) atoms. The van der Waals surface area contributed by atoms with E-state index in [1.54, 1.807) is 0 Å². The van der Waals surface area contributed by atoms with E-state index in [-0.39, 0.29) is 6.61 Å². The van der Waals surface area contributed by atoms with Crippen molar-refractivity contribution in [2.24, 2.45) is 5.92 Å². The highest BCUT2D eigenvalue weighted by atomic mass is 16.3. The highest BCUT2D eigenvalue weighted by Gasteiger charge is 2.16. The lowest BCUT2D eigenvalue weighted by Crippen LogP contribution is -2.39. The third-order valence-electron chi connectivity index (χ3n) is 3.58. The number of hydrogen-bond donors (Lipinski definition) is 2. The number of hydrogen-bond acceptors (Lipinski definition) is 3. The van der Waals surface area contributed by atoms with E-state index in [1.165, 1.54) is 18.4 Å². The molecule has 3 heteroatoms. The SMILES string of the molecule is OCCN(Cc1ccccc1)CC1CCCNC1. The van der Waals surface area contributed by atoms with Crippen LogP contribution < -0.4 is 5.32 Å². The first kappa shape index (κ1) is 13.5. The van der Waals surface area contributed by atoms with Crippen LogP contribution in [0.25, 0.3) is 0 Å². The second kappa shape index (κ2) is 7.52. The Kier molecular flexibility index (Phi) is 5.65. The second-order valence-electron chi connectivity index (χ2n) is 5.16. The second-order valence-corrected chi connectivity index (χ2v) is 5.16. The lowest BCUT2D eigenvalue weighted by Gasteiger charge is -2.29. The zero-order valence-electron chi connectivity index (χ0n) is 11.0. The topological polar surface area (TPSA) is 35.5 Å². The van der Waals surface area contributed by atoms with Crippen molar-refractivity contribution in [3.05, 3.63) is 35.9 Å². The number of nitrogens with zero attached hydrogens (tertiary/aromatic N) is 1. The molecular formula is C15H24N2O. The molecule has 1 aliphatic heterocycles. The zero-order chi connectivity index (χ0) is 12.6. The fourth-order valence-electron chi connectivity index (χ4n) is 2.66. The van der Waals surface area contributed by atoms with Crippen LogP contribution in [0.4, 0.5) is 0 Å². The maximum atomic E-state index is 9.19. The molecule has 1 atom stereocenters. The van der Waals surface area contributed by atoms with Gasteiger partial charge >= 0.3 is 0 Å². The number of piperidine rings is 1. The van der Waals surface area contributed by atoms with Crippen LogP contribution >= 0.6 is 0 Å². The molecule has 1 aromatic rings. The van der Waals surface area contributed by atoms with Gasteiger partial charge in [0.05, 0.1) is 6.61 Å². The van der Waals surface area contributed by atoms with E-state index in [0.717, 1.165) is 38.6 Å². The van der Waals surface area contributed by atoms with Gasteiger partial charge in [0.15, 0.2) is 0 Å². The van der Waals surface area contributed by atoms with E-state index in [0.29, 0.717) is 0 Å². The summed E-state index contributed by atoms with van der Waals surface area (Å²) in [6.07, 6.45) is 2.59. The normalized spacial score (nSPS) is 20.2. The summed E-state index contributed by atoms with van der Waals surface area (Å²) in [5, 5.41) is 12.6. The predicted molar refractivity (Wildman–Crippen MR) is 74.4 cm³/mol. The number of aliphatic hydroxyl groups excluding tert-OH is 1. The van der Waals surface area contributed by atoms with Gasteiger partial charge in [-0.15, -0.1) is 0 Å². The molecule has 1 saturated heterocycles. The monoisotopic (exact) mass is 248 g/mol. The van der Waals surface area contributed by atoms with Crippen LogP contribution in [0.3, 0.4) is 0 Å². The van der Waals surface area contributed by atoms with Crippen molar-refractivity contribution in [3.63, 3.8) is 0 Å². The summed E-state index contributed by atoms with van der Waals surface area (Å²) in [5.41, 5.74) is 1.33. The van der Waals surface area contributed by atoms with Crippen LogP contribution in [0.15, 0.2) is 30.3 Å². The highest BCUT2D eigenvalue weighted by molar-refractivity contribution is 5.14. The highest BCUT2D eigenvalue weighted by Crippen LogP contribution is 2.13. The molecule has 0 saturated carbocycles. The van der Waals surface area contributed by atoms with Gasteiger partial charge in [-0.2, -0.15) is 0 Å². The minimum Gasteiger partial charge on any atom is -0.395 e. The molecule has 100 valence electrons. The summed E-state index contributed by atoms with van der Waals surface area (Å²) < 4.78 is 0. The predicted octanol–water partition coefficient (Wildman–Crippen LogP) is 1.48. The Balaban J connectivity index is 1.86. The van der Waals surface area contributed by atoms with Crippen LogP contribution in [0.5, 0.6) is 0 Å². The molecule has 1 fully saturated rings. The largest absolute Gasteiger partial charge is 0.395 e. The van der Waals surface area contributed by atoms with Gasteiger partial charge in [-0.25, -0.2) is 0 Å². The van der Waals surface area contributed by atoms with Gasteiger partial charge in [-0.3, -0.25) is 4.90 Å². The van der Waals surface area contributed by atoms with Gasteiger partial charge in [0.25, 0.3) is 0 Å². The molecule has 0 aliphatic carbocycles. The molecule has 0 bridgehead atoms. The molecule has 0 spiro atoms. The lowest BCUT2D eigenvalue weighted by molar-refractivity contribution is 0.159. The van der Waals surface area contributed by atoms with E-state index >= 15 is 0 Å². The van der Waals surface area contributed by atoms with Crippen LogP contribution in [0.1, 0.15) is 18.4 Å². The molecule has 1 heterocycles. The van der Waals surface area contributed by atoms with Crippen molar-refractivity contribution >= 4 is 0 Å². The third kappa shape index (κ3) is 4.41. The Labute approximate surface area is 110 Å². The van der Waals surface area contributed by atoms with Crippen molar-refractivity contribution in [2.45, 2.75) is 19.4 Å². The van der Waals surface area contributed by atoms with E-state index in [2.05, 4.69) is 34.5 Å². The molecule has 0 aromatic heterocycles. The van der Waals surface area contributed by atoms with Gasteiger partial charge in [-0.1, -0.05) is 30.3 Å². The van der Waals surface area contributed by atoms with Gasteiger partial charge < -0.3 is 10.4 Å². The summed E-state index contributed by atoms with van der Waals surface area (Å²) in [7, 11) is 0. The van der Waals surface area contributed by atoms with E-state index in [9.17, 15) is 5.11 Å². The number of aliphatic hydroxyl groups is 1. The maximum absolute atomic E-state index is 9.19. The molecule has 0 radical (unpaired) electrons. The summed E-state index contributed by atoms with van der Waals surface area (Å²) in [6.45, 7) is 5.32. The minimum atomic E-state index is 0.243. The fraction of sp³-hybridized carbons (Fsp3) is 0.600. The Morgan fingerprint density at radius 3 is 2.78 bits per heavy atom. The van der Waals surface area contributed by atoms with Crippen LogP contribution in [0, 0.1) is 5.92 Å². The van der Waals surface area contributed by atoms with Crippen molar-refractivity contribution in [3.8, 4) is 0 Å². The van der Waals surface area contributed by atoms with Crippen molar-refractivity contribution in [1.82, 2.24) is 10.2 Å². The smallest absolute Gasteiger partial charge is 0.0558 e. The van der Waals surface area contributed by atoms with Crippen LogP contribution in [-0.2, 0) is 6.54 Å². The fourth-order valence-corrected chi connectivity index (χ4v) is 2.66. The average molecular weight is 248 g/mol. The maximum Gasteiger partial charge on any atom is 0.0558 e. The van der Waals surface area contributed by atoms with E-state index < -0.39 is 0 Å². The quantitative estimate of drug-likeness (QED) is 0.800. The van der Waals surface area contributed by atoms with Gasteiger partial charge in [0.1, 0.15) is 0 Å².